The first kappa shape index (κ1) is 15.1. The first-order chi connectivity index (χ1) is 8.89. The Bertz CT molecular complexity index is 289. The van der Waals surface area contributed by atoms with Gasteiger partial charge in [0.15, 0.2) is 0 Å². The predicted molar refractivity (Wildman–Crippen MR) is 69.7 cm³/mol. The zero-order chi connectivity index (χ0) is 14.0. The van der Waals surface area contributed by atoms with Crippen LogP contribution in [0.3, 0.4) is 0 Å². The smallest absolute Gasteiger partial charge is 0.327 e. The number of alkyl halides is 3. The summed E-state index contributed by atoms with van der Waals surface area (Å²) in [5.41, 5.74) is 6.12. The van der Waals surface area contributed by atoms with Crippen molar-refractivity contribution in [2.45, 2.75) is 63.7 Å². The standard InChI is InChI=1S/C14H25F3N2/c1-2-10-3-6-13(18)11(7-10)8-19(12-4-5-12)9-14(15,16)17/h10-13H,2-9,18H2,1H3. The van der Waals surface area contributed by atoms with Crippen LogP contribution in [0.5, 0.6) is 0 Å². The molecule has 0 aromatic rings. The normalized spacial score (nSPS) is 32.8. The summed E-state index contributed by atoms with van der Waals surface area (Å²) in [5.74, 6) is 0.887. The second-order valence-corrected chi connectivity index (χ2v) is 6.29. The van der Waals surface area contributed by atoms with Crippen molar-refractivity contribution < 1.29 is 13.2 Å². The number of nitrogens with zero attached hydrogens (tertiary/aromatic N) is 1. The van der Waals surface area contributed by atoms with Crippen LogP contribution in [0.15, 0.2) is 0 Å². The van der Waals surface area contributed by atoms with Crippen molar-refractivity contribution in [3.63, 3.8) is 0 Å². The summed E-state index contributed by atoms with van der Waals surface area (Å²) >= 11 is 0. The molecule has 0 spiro atoms. The quantitative estimate of drug-likeness (QED) is 0.837. The molecule has 19 heavy (non-hydrogen) atoms. The van der Waals surface area contributed by atoms with E-state index in [0.29, 0.717) is 12.5 Å². The monoisotopic (exact) mass is 278 g/mol. The van der Waals surface area contributed by atoms with Gasteiger partial charge in [-0.3, -0.25) is 4.90 Å². The Morgan fingerprint density at radius 1 is 1.16 bits per heavy atom. The van der Waals surface area contributed by atoms with Gasteiger partial charge in [0.25, 0.3) is 0 Å². The third-order valence-corrected chi connectivity index (χ3v) is 4.64. The highest BCUT2D eigenvalue weighted by Gasteiger charge is 2.40. The van der Waals surface area contributed by atoms with E-state index in [9.17, 15) is 13.2 Å². The molecule has 0 bridgehead atoms. The van der Waals surface area contributed by atoms with Crippen LogP contribution >= 0.6 is 0 Å². The molecular weight excluding hydrogens is 253 g/mol. The summed E-state index contributed by atoms with van der Waals surface area (Å²) in [6, 6.07) is 0.230. The topological polar surface area (TPSA) is 29.3 Å². The van der Waals surface area contributed by atoms with Gasteiger partial charge in [-0.25, -0.2) is 0 Å². The van der Waals surface area contributed by atoms with Crippen molar-refractivity contribution in [1.82, 2.24) is 4.90 Å². The van der Waals surface area contributed by atoms with Crippen molar-refractivity contribution in [2.75, 3.05) is 13.1 Å². The minimum atomic E-state index is -4.09. The van der Waals surface area contributed by atoms with Crippen molar-refractivity contribution >= 4 is 0 Å². The van der Waals surface area contributed by atoms with Crippen LogP contribution in [0.25, 0.3) is 0 Å². The molecule has 2 saturated carbocycles. The average Bonchev–Trinajstić information content (AvgIpc) is 3.13. The molecule has 3 atom stereocenters. The number of hydrogen-bond donors (Lipinski definition) is 1. The molecule has 5 heteroatoms. The second-order valence-electron chi connectivity index (χ2n) is 6.29. The van der Waals surface area contributed by atoms with Gasteiger partial charge in [0.2, 0.25) is 0 Å². The van der Waals surface area contributed by atoms with Crippen LogP contribution < -0.4 is 5.73 Å². The molecular formula is C14H25F3N2. The zero-order valence-electron chi connectivity index (χ0n) is 11.6. The Morgan fingerprint density at radius 2 is 1.84 bits per heavy atom. The van der Waals surface area contributed by atoms with Gasteiger partial charge < -0.3 is 5.73 Å². The molecule has 0 radical (unpaired) electrons. The molecule has 2 aliphatic carbocycles. The molecule has 2 rings (SSSR count). The maximum absolute atomic E-state index is 12.6. The number of nitrogens with two attached hydrogens (primary N) is 1. The van der Waals surface area contributed by atoms with Crippen molar-refractivity contribution in [2.24, 2.45) is 17.6 Å². The highest BCUT2D eigenvalue weighted by Crippen LogP contribution is 2.35. The lowest BCUT2D eigenvalue weighted by molar-refractivity contribution is -0.149. The van der Waals surface area contributed by atoms with Gasteiger partial charge in [-0.05, 0) is 43.9 Å². The Hall–Kier alpha value is -0.290. The van der Waals surface area contributed by atoms with E-state index < -0.39 is 12.7 Å². The molecule has 2 aliphatic rings. The lowest BCUT2D eigenvalue weighted by Gasteiger charge is -2.37. The number of hydrogen-bond acceptors (Lipinski definition) is 2. The SMILES string of the molecule is CCC1CCC(N)C(CN(CC(F)(F)F)C2CC2)C1. The third kappa shape index (κ3) is 4.63. The summed E-state index contributed by atoms with van der Waals surface area (Å²) < 4.78 is 37.8. The summed E-state index contributed by atoms with van der Waals surface area (Å²) in [5, 5.41) is 0. The minimum Gasteiger partial charge on any atom is -0.327 e. The van der Waals surface area contributed by atoms with Gasteiger partial charge in [0, 0.05) is 18.6 Å². The molecule has 0 saturated heterocycles. The van der Waals surface area contributed by atoms with Crippen molar-refractivity contribution in [3.8, 4) is 0 Å². The molecule has 0 aliphatic heterocycles. The Kier molecular flexibility index (Phi) is 4.77. The van der Waals surface area contributed by atoms with E-state index in [1.54, 1.807) is 4.90 Å². The van der Waals surface area contributed by atoms with Crippen molar-refractivity contribution in [1.29, 1.82) is 0 Å². The zero-order valence-corrected chi connectivity index (χ0v) is 11.6. The lowest BCUT2D eigenvalue weighted by atomic mass is 9.77. The fourth-order valence-electron chi connectivity index (χ4n) is 3.28. The van der Waals surface area contributed by atoms with Crippen LogP contribution in [0.2, 0.25) is 0 Å². The van der Waals surface area contributed by atoms with Crippen molar-refractivity contribution in [3.05, 3.63) is 0 Å². The summed E-state index contributed by atoms with van der Waals surface area (Å²) in [4.78, 5) is 1.63. The number of halogens is 3. The van der Waals surface area contributed by atoms with Crippen LogP contribution in [0.1, 0.15) is 45.4 Å². The fourth-order valence-corrected chi connectivity index (χ4v) is 3.28. The molecule has 0 aromatic carbocycles. The molecule has 112 valence electrons. The van der Waals surface area contributed by atoms with Crippen LogP contribution in [0.4, 0.5) is 13.2 Å². The van der Waals surface area contributed by atoms with E-state index >= 15 is 0 Å². The average molecular weight is 278 g/mol. The molecule has 0 amide bonds. The van der Waals surface area contributed by atoms with E-state index in [1.165, 1.54) is 0 Å². The summed E-state index contributed by atoms with van der Waals surface area (Å²) in [6.07, 6.45) is 1.95. The van der Waals surface area contributed by atoms with E-state index in [-0.39, 0.29) is 18.0 Å². The first-order valence-electron chi connectivity index (χ1n) is 7.45. The van der Waals surface area contributed by atoms with Gasteiger partial charge in [0.1, 0.15) is 0 Å². The molecule has 3 unspecified atom stereocenters. The van der Waals surface area contributed by atoms with Crippen LogP contribution in [0, 0.1) is 11.8 Å². The highest BCUT2D eigenvalue weighted by molar-refractivity contribution is 4.90. The molecule has 2 fully saturated rings. The lowest BCUT2D eigenvalue weighted by Crippen LogP contribution is -2.46. The highest BCUT2D eigenvalue weighted by atomic mass is 19.4. The first-order valence-corrected chi connectivity index (χ1v) is 7.45. The second kappa shape index (κ2) is 6.00. The van der Waals surface area contributed by atoms with Gasteiger partial charge >= 0.3 is 6.18 Å². The summed E-state index contributed by atoms with van der Waals surface area (Å²) in [6.45, 7) is 1.92. The summed E-state index contributed by atoms with van der Waals surface area (Å²) in [7, 11) is 0. The molecule has 2 N–H and O–H groups in total. The van der Waals surface area contributed by atoms with Crippen LogP contribution in [-0.4, -0.2) is 36.2 Å². The van der Waals surface area contributed by atoms with E-state index in [4.69, 9.17) is 5.73 Å². The Balaban J connectivity index is 1.91. The van der Waals surface area contributed by atoms with E-state index in [1.807, 2.05) is 0 Å². The maximum atomic E-state index is 12.6. The Labute approximate surface area is 113 Å². The third-order valence-electron chi connectivity index (χ3n) is 4.64. The largest absolute Gasteiger partial charge is 0.401 e. The number of rotatable bonds is 5. The maximum Gasteiger partial charge on any atom is 0.401 e. The van der Waals surface area contributed by atoms with E-state index in [0.717, 1.165) is 38.5 Å². The van der Waals surface area contributed by atoms with Gasteiger partial charge in [-0.15, -0.1) is 0 Å². The van der Waals surface area contributed by atoms with Gasteiger partial charge in [-0.2, -0.15) is 13.2 Å². The molecule has 0 heterocycles. The fraction of sp³-hybridized carbons (Fsp3) is 1.00. The Morgan fingerprint density at radius 3 is 2.37 bits per heavy atom. The van der Waals surface area contributed by atoms with E-state index in [2.05, 4.69) is 6.92 Å². The minimum absolute atomic E-state index is 0.0808. The van der Waals surface area contributed by atoms with Crippen LogP contribution in [-0.2, 0) is 0 Å². The molecule has 0 aromatic heterocycles. The predicted octanol–water partition coefficient (Wildman–Crippen LogP) is 3.17. The van der Waals surface area contributed by atoms with Gasteiger partial charge in [0.05, 0.1) is 6.54 Å². The van der Waals surface area contributed by atoms with Gasteiger partial charge in [-0.1, -0.05) is 13.3 Å². The molecule has 2 nitrogen and oxygen atoms in total.